The fourth-order valence-electron chi connectivity index (χ4n) is 2.19. The van der Waals surface area contributed by atoms with Crippen LogP contribution >= 0.6 is 24.2 Å². The van der Waals surface area contributed by atoms with Gasteiger partial charge in [0, 0.05) is 31.0 Å². The molecule has 0 saturated carbocycles. The number of thiol groups is 1. The Balaban J connectivity index is 1.83. The Bertz CT molecular complexity index is 516. The molecule has 1 heterocycles. The van der Waals surface area contributed by atoms with E-state index in [2.05, 4.69) is 17.9 Å². The highest BCUT2D eigenvalue weighted by molar-refractivity contribution is 7.80. The summed E-state index contributed by atoms with van der Waals surface area (Å²) in [5.74, 6) is -0.183. The molecule has 2 amide bonds. The van der Waals surface area contributed by atoms with Gasteiger partial charge in [0.25, 0.3) is 5.91 Å². The quantitative estimate of drug-likeness (QED) is 0.839. The van der Waals surface area contributed by atoms with E-state index in [0.717, 1.165) is 25.9 Å². The zero-order valence-electron chi connectivity index (χ0n) is 11.1. The Labute approximate surface area is 128 Å². The van der Waals surface area contributed by atoms with E-state index in [-0.39, 0.29) is 11.8 Å². The van der Waals surface area contributed by atoms with E-state index in [4.69, 9.17) is 11.6 Å². The van der Waals surface area contributed by atoms with Gasteiger partial charge in [-0.2, -0.15) is 0 Å². The van der Waals surface area contributed by atoms with Gasteiger partial charge < -0.3 is 10.2 Å². The lowest BCUT2D eigenvalue weighted by molar-refractivity contribution is -0.129. The van der Waals surface area contributed by atoms with Gasteiger partial charge >= 0.3 is 0 Å². The number of amides is 2. The summed E-state index contributed by atoms with van der Waals surface area (Å²) in [6.07, 6.45) is 2.47. The molecule has 20 heavy (non-hydrogen) atoms. The average Bonchev–Trinajstić information content (AvgIpc) is 2.95. The lowest BCUT2D eigenvalue weighted by Crippen LogP contribution is -2.32. The zero-order chi connectivity index (χ0) is 14.5. The van der Waals surface area contributed by atoms with Crippen LogP contribution in [0.3, 0.4) is 0 Å². The molecule has 1 fully saturated rings. The smallest absolute Gasteiger partial charge is 0.252 e. The maximum absolute atomic E-state index is 12.0. The van der Waals surface area contributed by atoms with Crippen LogP contribution in [0.4, 0.5) is 0 Å². The van der Waals surface area contributed by atoms with Crippen LogP contribution < -0.4 is 5.32 Å². The molecule has 1 saturated heterocycles. The Hall–Kier alpha value is -1.20. The van der Waals surface area contributed by atoms with Crippen LogP contribution in [0.5, 0.6) is 0 Å². The lowest BCUT2D eigenvalue weighted by Gasteiger charge is -2.15. The minimum Gasteiger partial charge on any atom is -0.351 e. The van der Waals surface area contributed by atoms with Gasteiger partial charge in [-0.1, -0.05) is 11.6 Å². The minimum atomic E-state index is -0.278. The van der Waals surface area contributed by atoms with Crippen molar-refractivity contribution in [3.8, 4) is 0 Å². The summed E-state index contributed by atoms with van der Waals surface area (Å²) in [4.78, 5) is 26.3. The van der Waals surface area contributed by atoms with Crippen LogP contribution in [0, 0.1) is 0 Å². The van der Waals surface area contributed by atoms with Crippen molar-refractivity contribution in [3.05, 3.63) is 28.8 Å². The first-order valence-electron chi connectivity index (χ1n) is 6.62. The molecule has 0 spiro atoms. The van der Waals surface area contributed by atoms with Gasteiger partial charge in [-0.25, -0.2) is 0 Å². The Kier molecular flexibility index (Phi) is 5.31. The van der Waals surface area contributed by atoms with Crippen LogP contribution in [0.15, 0.2) is 23.1 Å². The molecule has 108 valence electrons. The number of hydrogen-bond acceptors (Lipinski definition) is 3. The molecular weight excluding hydrogens is 296 g/mol. The van der Waals surface area contributed by atoms with Crippen molar-refractivity contribution in [2.75, 3.05) is 19.6 Å². The van der Waals surface area contributed by atoms with Gasteiger partial charge in [0.1, 0.15) is 0 Å². The van der Waals surface area contributed by atoms with Crippen molar-refractivity contribution in [3.63, 3.8) is 0 Å². The maximum Gasteiger partial charge on any atom is 0.252 e. The first kappa shape index (κ1) is 15.2. The maximum atomic E-state index is 12.0. The summed E-state index contributed by atoms with van der Waals surface area (Å²) in [7, 11) is 0. The van der Waals surface area contributed by atoms with Crippen LogP contribution in [0.25, 0.3) is 0 Å². The van der Waals surface area contributed by atoms with E-state index in [1.807, 2.05) is 4.90 Å². The summed E-state index contributed by atoms with van der Waals surface area (Å²) in [6.45, 7) is 1.99. The van der Waals surface area contributed by atoms with E-state index in [1.165, 1.54) is 0 Å². The van der Waals surface area contributed by atoms with Crippen LogP contribution in [0.2, 0.25) is 5.02 Å². The van der Waals surface area contributed by atoms with Crippen molar-refractivity contribution in [2.45, 2.75) is 24.2 Å². The zero-order valence-corrected chi connectivity index (χ0v) is 12.7. The number of nitrogens with zero attached hydrogens (tertiary/aromatic N) is 1. The van der Waals surface area contributed by atoms with Gasteiger partial charge in [0.2, 0.25) is 5.91 Å². The van der Waals surface area contributed by atoms with Crippen molar-refractivity contribution in [1.82, 2.24) is 10.2 Å². The Morgan fingerprint density at radius 3 is 2.70 bits per heavy atom. The van der Waals surface area contributed by atoms with Gasteiger partial charge in [-0.3, -0.25) is 9.59 Å². The summed E-state index contributed by atoms with van der Waals surface area (Å²) >= 11 is 10.1. The summed E-state index contributed by atoms with van der Waals surface area (Å²) in [5.41, 5.74) is 0.382. The first-order valence-corrected chi connectivity index (χ1v) is 7.45. The molecule has 0 radical (unpaired) electrons. The topological polar surface area (TPSA) is 49.4 Å². The van der Waals surface area contributed by atoms with Crippen LogP contribution in [-0.2, 0) is 4.79 Å². The number of carbonyl (C=O) groups excluding carboxylic acids is 2. The Morgan fingerprint density at radius 1 is 1.30 bits per heavy atom. The van der Waals surface area contributed by atoms with Gasteiger partial charge in [0.05, 0.1) is 10.6 Å². The van der Waals surface area contributed by atoms with E-state index in [9.17, 15) is 9.59 Å². The molecule has 6 heteroatoms. The van der Waals surface area contributed by atoms with Crippen molar-refractivity contribution < 1.29 is 9.59 Å². The van der Waals surface area contributed by atoms with Gasteiger partial charge in [0.15, 0.2) is 0 Å². The third-order valence-corrected chi connectivity index (χ3v) is 3.89. The number of benzene rings is 1. The van der Waals surface area contributed by atoms with E-state index >= 15 is 0 Å². The van der Waals surface area contributed by atoms with Crippen molar-refractivity contribution in [1.29, 1.82) is 0 Å². The molecule has 1 aromatic carbocycles. The monoisotopic (exact) mass is 312 g/mol. The summed E-state index contributed by atoms with van der Waals surface area (Å²) in [5, 5.41) is 3.10. The lowest BCUT2D eigenvalue weighted by atomic mass is 10.2. The second kappa shape index (κ2) is 6.99. The molecular formula is C14H17ClN2O2S. The molecule has 0 bridgehead atoms. The normalized spacial score (nSPS) is 14.4. The SMILES string of the molecule is O=C(NCCC(=O)N1CCCC1)c1cc(S)ccc1Cl. The number of nitrogens with one attached hydrogen (secondary N) is 1. The summed E-state index contributed by atoms with van der Waals surface area (Å²) < 4.78 is 0. The van der Waals surface area contributed by atoms with E-state index in [0.29, 0.717) is 28.4 Å². The average molecular weight is 313 g/mol. The molecule has 0 aromatic heterocycles. The standard InChI is InChI=1S/C14H17ClN2O2S/c15-12-4-3-10(20)9-11(12)14(19)16-6-5-13(18)17-7-1-2-8-17/h3-4,9,20H,1-2,5-8H2,(H,16,19). The largest absolute Gasteiger partial charge is 0.351 e. The van der Waals surface area contributed by atoms with E-state index in [1.54, 1.807) is 18.2 Å². The molecule has 1 aliphatic rings. The van der Waals surface area contributed by atoms with Gasteiger partial charge in [-0.15, -0.1) is 12.6 Å². The molecule has 0 unspecified atom stereocenters. The fourth-order valence-corrected chi connectivity index (χ4v) is 2.60. The molecule has 1 aromatic rings. The minimum absolute atomic E-state index is 0.0943. The molecule has 1 aliphatic heterocycles. The fraction of sp³-hybridized carbons (Fsp3) is 0.429. The molecule has 1 N–H and O–H groups in total. The van der Waals surface area contributed by atoms with Crippen LogP contribution in [0.1, 0.15) is 29.6 Å². The van der Waals surface area contributed by atoms with Crippen LogP contribution in [-0.4, -0.2) is 36.3 Å². The molecule has 4 nitrogen and oxygen atoms in total. The second-order valence-corrected chi connectivity index (χ2v) is 5.68. The van der Waals surface area contributed by atoms with Gasteiger partial charge in [-0.05, 0) is 31.0 Å². The van der Waals surface area contributed by atoms with Crippen molar-refractivity contribution >= 4 is 36.0 Å². The molecule has 0 aliphatic carbocycles. The summed E-state index contributed by atoms with van der Waals surface area (Å²) in [6, 6.07) is 4.97. The number of hydrogen-bond donors (Lipinski definition) is 2. The third-order valence-electron chi connectivity index (χ3n) is 3.28. The highest BCUT2D eigenvalue weighted by Crippen LogP contribution is 2.19. The number of halogens is 1. The molecule has 2 rings (SSSR count). The highest BCUT2D eigenvalue weighted by atomic mass is 35.5. The predicted molar refractivity (Wildman–Crippen MR) is 81.5 cm³/mol. The Morgan fingerprint density at radius 2 is 2.00 bits per heavy atom. The van der Waals surface area contributed by atoms with Crippen molar-refractivity contribution in [2.24, 2.45) is 0 Å². The number of carbonyl (C=O) groups is 2. The highest BCUT2D eigenvalue weighted by Gasteiger charge is 2.18. The second-order valence-electron chi connectivity index (χ2n) is 4.76. The first-order chi connectivity index (χ1) is 9.58. The number of rotatable bonds is 4. The molecule has 0 atom stereocenters. The van der Waals surface area contributed by atoms with E-state index < -0.39 is 0 Å². The third kappa shape index (κ3) is 3.90. The predicted octanol–water partition coefficient (Wildman–Crippen LogP) is 2.37. The number of likely N-dealkylation sites (tertiary alicyclic amines) is 1.